The molecule has 1 aromatic rings. The molecule has 72 valence electrons. The average molecular weight is 188 g/mol. The number of hydrogen-bond donors (Lipinski definition) is 0. The highest BCUT2D eigenvalue weighted by atomic mass is 16.1. The lowest BCUT2D eigenvalue weighted by atomic mass is 10.1. The summed E-state index contributed by atoms with van der Waals surface area (Å²) in [7, 11) is 2.09. The number of rotatable bonds is 2. The maximum absolute atomic E-state index is 9.96. The molecule has 1 aliphatic heterocycles. The van der Waals surface area contributed by atoms with Crippen LogP contribution in [-0.2, 0) is 17.8 Å². The molecule has 14 heavy (non-hydrogen) atoms. The summed E-state index contributed by atoms with van der Waals surface area (Å²) in [6.07, 6.45) is 2.65. The van der Waals surface area contributed by atoms with Gasteiger partial charge in [0.15, 0.2) is 0 Å². The first-order chi connectivity index (χ1) is 6.81. The standard InChI is InChI=1S/C11H12N2O/c1-13-5-4-10-6-9(7-12-8-14)2-3-11(10)13/h2-3,6H,4-5,7H2,1H3. The molecule has 0 unspecified atom stereocenters. The summed E-state index contributed by atoms with van der Waals surface area (Å²) in [6.45, 7) is 1.52. The lowest BCUT2D eigenvalue weighted by molar-refractivity contribution is 0.563. The molecule has 0 atom stereocenters. The Balaban J connectivity index is 2.27. The van der Waals surface area contributed by atoms with E-state index in [1.165, 1.54) is 11.3 Å². The first-order valence-corrected chi connectivity index (χ1v) is 4.68. The van der Waals surface area contributed by atoms with Gasteiger partial charge in [-0.2, -0.15) is 0 Å². The second kappa shape index (κ2) is 3.64. The Labute approximate surface area is 83.1 Å². The van der Waals surface area contributed by atoms with E-state index in [2.05, 4.69) is 29.1 Å². The van der Waals surface area contributed by atoms with Crippen molar-refractivity contribution in [3.63, 3.8) is 0 Å². The van der Waals surface area contributed by atoms with Crippen molar-refractivity contribution in [2.24, 2.45) is 4.99 Å². The number of anilines is 1. The second-order valence-corrected chi connectivity index (χ2v) is 3.54. The van der Waals surface area contributed by atoms with Gasteiger partial charge in [0.05, 0.1) is 6.54 Å². The molecule has 2 rings (SSSR count). The van der Waals surface area contributed by atoms with Gasteiger partial charge in [-0.3, -0.25) is 0 Å². The van der Waals surface area contributed by atoms with Gasteiger partial charge in [-0.25, -0.2) is 9.79 Å². The van der Waals surface area contributed by atoms with Gasteiger partial charge < -0.3 is 4.90 Å². The smallest absolute Gasteiger partial charge is 0.235 e. The number of aliphatic imine (C=N–C) groups is 1. The molecule has 1 heterocycles. The molecule has 0 radical (unpaired) electrons. The molecule has 0 fully saturated rings. The number of carbonyl (C=O) groups excluding carboxylic acids is 1. The fourth-order valence-electron chi connectivity index (χ4n) is 1.84. The summed E-state index contributed by atoms with van der Waals surface area (Å²) < 4.78 is 0. The minimum Gasteiger partial charge on any atom is -0.374 e. The van der Waals surface area contributed by atoms with E-state index in [9.17, 15) is 4.79 Å². The number of benzene rings is 1. The first kappa shape index (κ1) is 8.97. The molecule has 0 saturated carbocycles. The fourth-order valence-corrected chi connectivity index (χ4v) is 1.84. The Hall–Kier alpha value is -1.60. The Bertz CT molecular complexity index is 394. The highest BCUT2D eigenvalue weighted by molar-refractivity contribution is 5.58. The normalized spacial score (nSPS) is 13.6. The number of fused-ring (bicyclic) bond motifs is 1. The zero-order chi connectivity index (χ0) is 9.97. The van der Waals surface area contributed by atoms with Crippen molar-refractivity contribution in [2.45, 2.75) is 13.0 Å². The summed E-state index contributed by atoms with van der Waals surface area (Å²) in [5, 5.41) is 0. The number of isocyanates is 1. The van der Waals surface area contributed by atoms with E-state index < -0.39 is 0 Å². The summed E-state index contributed by atoms with van der Waals surface area (Å²) >= 11 is 0. The molecule has 0 spiro atoms. The maximum Gasteiger partial charge on any atom is 0.235 e. The average Bonchev–Trinajstić information content (AvgIpc) is 2.57. The Kier molecular flexibility index (Phi) is 2.33. The topological polar surface area (TPSA) is 32.7 Å². The number of nitrogens with zero attached hydrogens (tertiary/aromatic N) is 2. The fraction of sp³-hybridized carbons (Fsp3) is 0.364. The van der Waals surface area contributed by atoms with Gasteiger partial charge in [0.1, 0.15) is 0 Å². The van der Waals surface area contributed by atoms with Gasteiger partial charge in [0, 0.05) is 19.3 Å². The van der Waals surface area contributed by atoms with Crippen molar-refractivity contribution in [2.75, 3.05) is 18.5 Å². The third-order valence-corrected chi connectivity index (χ3v) is 2.60. The van der Waals surface area contributed by atoms with Gasteiger partial charge in [-0.1, -0.05) is 12.1 Å². The highest BCUT2D eigenvalue weighted by Crippen LogP contribution is 2.27. The third-order valence-electron chi connectivity index (χ3n) is 2.60. The molecular weight excluding hydrogens is 176 g/mol. The lowest BCUT2D eigenvalue weighted by Gasteiger charge is -2.11. The van der Waals surface area contributed by atoms with Crippen LogP contribution >= 0.6 is 0 Å². The first-order valence-electron chi connectivity index (χ1n) is 4.68. The van der Waals surface area contributed by atoms with Crippen molar-refractivity contribution in [3.05, 3.63) is 29.3 Å². The van der Waals surface area contributed by atoms with E-state index in [0.717, 1.165) is 18.5 Å². The molecule has 3 nitrogen and oxygen atoms in total. The van der Waals surface area contributed by atoms with Crippen LogP contribution in [0.5, 0.6) is 0 Å². The van der Waals surface area contributed by atoms with Crippen LogP contribution in [0, 0.1) is 0 Å². The summed E-state index contributed by atoms with van der Waals surface area (Å²) in [5.41, 5.74) is 3.73. The molecule has 0 N–H and O–H groups in total. The van der Waals surface area contributed by atoms with Crippen molar-refractivity contribution in [3.8, 4) is 0 Å². The lowest BCUT2D eigenvalue weighted by Crippen LogP contribution is -2.12. The quantitative estimate of drug-likeness (QED) is 0.520. The van der Waals surface area contributed by atoms with Gasteiger partial charge in [0.25, 0.3) is 0 Å². The number of likely N-dealkylation sites (N-methyl/N-ethyl adjacent to an activating group) is 1. The minimum absolute atomic E-state index is 0.445. The molecule has 0 bridgehead atoms. The van der Waals surface area contributed by atoms with Crippen LogP contribution in [0.2, 0.25) is 0 Å². The third kappa shape index (κ3) is 1.54. The van der Waals surface area contributed by atoms with E-state index in [0.29, 0.717) is 6.54 Å². The van der Waals surface area contributed by atoms with Crippen LogP contribution in [0.25, 0.3) is 0 Å². The van der Waals surface area contributed by atoms with Gasteiger partial charge in [0.2, 0.25) is 6.08 Å². The van der Waals surface area contributed by atoms with Crippen LogP contribution in [0.3, 0.4) is 0 Å². The monoisotopic (exact) mass is 188 g/mol. The Morgan fingerprint density at radius 3 is 3.21 bits per heavy atom. The van der Waals surface area contributed by atoms with Crippen molar-refractivity contribution >= 4 is 11.8 Å². The SMILES string of the molecule is CN1CCc2cc(CN=C=O)ccc21. The highest BCUT2D eigenvalue weighted by Gasteiger charge is 2.14. The molecule has 1 aromatic carbocycles. The van der Waals surface area contributed by atoms with Crippen LogP contribution in [0.15, 0.2) is 23.2 Å². The van der Waals surface area contributed by atoms with Crippen LogP contribution in [0.4, 0.5) is 5.69 Å². The largest absolute Gasteiger partial charge is 0.374 e. The van der Waals surface area contributed by atoms with Crippen LogP contribution < -0.4 is 4.90 Å². The molecule has 0 amide bonds. The second-order valence-electron chi connectivity index (χ2n) is 3.54. The predicted molar refractivity (Wildman–Crippen MR) is 55.2 cm³/mol. The van der Waals surface area contributed by atoms with Crippen molar-refractivity contribution in [1.82, 2.24) is 0 Å². The van der Waals surface area contributed by atoms with E-state index in [-0.39, 0.29) is 0 Å². The summed E-state index contributed by atoms with van der Waals surface area (Å²) in [6, 6.07) is 6.24. The van der Waals surface area contributed by atoms with E-state index >= 15 is 0 Å². The molecule has 3 heteroatoms. The molecule has 0 aromatic heterocycles. The Morgan fingerprint density at radius 1 is 1.57 bits per heavy atom. The molecule has 1 aliphatic rings. The van der Waals surface area contributed by atoms with Gasteiger partial charge >= 0.3 is 0 Å². The van der Waals surface area contributed by atoms with E-state index in [4.69, 9.17) is 0 Å². The van der Waals surface area contributed by atoms with Gasteiger partial charge in [-0.05, 0) is 23.6 Å². The van der Waals surface area contributed by atoms with Crippen LogP contribution in [0.1, 0.15) is 11.1 Å². The minimum atomic E-state index is 0.445. The van der Waals surface area contributed by atoms with E-state index in [1.54, 1.807) is 6.08 Å². The van der Waals surface area contributed by atoms with Crippen molar-refractivity contribution in [1.29, 1.82) is 0 Å². The summed E-state index contributed by atoms with van der Waals surface area (Å²) in [4.78, 5) is 15.8. The molecule has 0 aliphatic carbocycles. The van der Waals surface area contributed by atoms with E-state index in [1.807, 2.05) is 6.07 Å². The predicted octanol–water partition coefficient (Wildman–Crippen LogP) is 1.51. The zero-order valence-electron chi connectivity index (χ0n) is 8.16. The molecule has 0 saturated heterocycles. The number of hydrogen-bond acceptors (Lipinski definition) is 3. The maximum atomic E-state index is 9.96. The molecular formula is C11H12N2O. The summed E-state index contributed by atoms with van der Waals surface area (Å²) in [5.74, 6) is 0. The Morgan fingerprint density at radius 2 is 2.43 bits per heavy atom. The zero-order valence-corrected chi connectivity index (χ0v) is 8.16. The van der Waals surface area contributed by atoms with Crippen molar-refractivity contribution < 1.29 is 4.79 Å². The van der Waals surface area contributed by atoms with Gasteiger partial charge in [-0.15, -0.1) is 0 Å². The van der Waals surface area contributed by atoms with Crippen LogP contribution in [-0.4, -0.2) is 19.7 Å².